The molecular formula is C31H34N2O7S. The minimum Gasteiger partial charge on any atom is -0.507 e. The monoisotopic (exact) mass is 578 g/mol. The van der Waals surface area contributed by atoms with Gasteiger partial charge < -0.3 is 19.3 Å². The number of aryl methyl sites for hydroxylation is 1. The van der Waals surface area contributed by atoms with Crippen LogP contribution in [0.4, 0.5) is 5.13 Å². The molecule has 1 saturated heterocycles. The van der Waals surface area contributed by atoms with E-state index in [1.165, 1.54) is 18.9 Å². The van der Waals surface area contributed by atoms with Gasteiger partial charge in [-0.2, -0.15) is 0 Å². The van der Waals surface area contributed by atoms with Crippen LogP contribution >= 0.6 is 11.3 Å². The number of ether oxygens (including phenoxy) is 3. The Morgan fingerprint density at radius 1 is 1.05 bits per heavy atom. The van der Waals surface area contributed by atoms with Crippen LogP contribution in [0.15, 0.2) is 48.0 Å². The maximum atomic E-state index is 13.5. The lowest BCUT2D eigenvalue weighted by atomic mass is 9.95. The number of benzene rings is 2. The number of anilines is 1. The Hall–Kier alpha value is -4.18. The number of carbonyl (C=O) groups is 3. The summed E-state index contributed by atoms with van der Waals surface area (Å²) in [6.45, 7) is 7.96. The van der Waals surface area contributed by atoms with Gasteiger partial charge in [-0.15, -0.1) is 0 Å². The molecule has 0 aliphatic carbocycles. The van der Waals surface area contributed by atoms with Gasteiger partial charge in [0, 0.05) is 12.5 Å². The number of aliphatic hydroxyl groups excluding tert-OH is 1. The van der Waals surface area contributed by atoms with Crippen molar-refractivity contribution in [2.75, 3.05) is 25.2 Å². The fourth-order valence-corrected chi connectivity index (χ4v) is 5.67. The smallest absolute Gasteiger partial charge is 0.301 e. The molecule has 4 rings (SSSR count). The molecule has 10 heteroatoms. The average Bonchev–Trinajstić information content (AvgIpc) is 3.48. The van der Waals surface area contributed by atoms with Crippen LogP contribution in [0.2, 0.25) is 0 Å². The standard InChI is InChI=1S/C31H34N2O7S/c1-6-8-9-16-40-23-15-12-21(17-24(23)39-7-2)26-25(27(35)20-10-13-22(38-5)14-11-20)28(36)30(37)33(26)31-32-18(3)29(41-31)19(4)34/h10-15,17,26,35H,6-9,16H2,1-5H3/b27-25+. The number of ketones is 2. The summed E-state index contributed by atoms with van der Waals surface area (Å²) in [5.41, 5.74) is 1.21. The maximum Gasteiger partial charge on any atom is 0.301 e. The normalized spacial score (nSPS) is 16.2. The third-order valence-electron chi connectivity index (χ3n) is 6.71. The van der Waals surface area contributed by atoms with Gasteiger partial charge in [-0.05, 0) is 62.2 Å². The van der Waals surface area contributed by atoms with E-state index in [0.29, 0.717) is 52.2 Å². The number of carbonyl (C=O) groups excluding carboxylic acids is 3. The molecule has 41 heavy (non-hydrogen) atoms. The van der Waals surface area contributed by atoms with Gasteiger partial charge >= 0.3 is 5.91 Å². The number of nitrogens with zero attached hydrogens (tertiary/aromatic N) is 2. The molecule has 0 bridgehead atoms. The minimum atomic E-state index is -1.03. The summed E-state index contributed by atoms with van der Waals surface area (Å²) in [6, 6.07) is 10.7. The number of Topliss-reactive ketones (excluding diaryl/α,β-unsaturated/α-hetero) is 2. The van der Waals surface area contributed by atoms with Gasteiger partial charge in [-0.25, -0.2) is 4.98 Å². The topological polar surface area (TPSA) is 115 Å². The van der Waals surface area contributed by atoms with Crippen LogP contribution in [0.1, 0.15) is 72.6 Å². The Morgan fingerprint density at radius 2 is 1.78 bits per heavy atom. The summed E-state index contributed by atoms with van der Waals surface area (Å²) >= 11 is 1.03. The van der Waals surface area contributed by atoms with Crippen LogP contribution < -0.4 is 19.1 Å². The number of aromatic nitrogens is 1. The van der Waals surface area contributed by atoms with Crippen molar-refractivity contribution in [1.29, 1.82) is 0 Å². The first-order valence-corrected chi connectivity index (χ1v) is 14.4. The van der Waals surface area contributed by atoms with E-state index in [0.717, 1.165) is 30.6 Å². The summed E-state index contributed by atoms with van der Waals surface area (Å²) in [6.07, 6.45) is 3.00. The molecule has 1 aromatic heterocycles. The third-order valence-corrected chi connectivity index (χ3v) is 7.97. The first-order valence-electron chi connectivity index (χ1n) is 13.5. The van der Waals surface area contributed by atoms with Crippen LogP contribution in [-0.4, -0.2) is 47.9 Å². The predicted molar refractivity (Wildman–Crippen MR) is 157 cm³/mol. The lowest BCUT2D eigenvalue weighted by Crippen LogP contribution is -2.29. The van der Waals surface area contributed by atoms with Crippen LogP contribution in [-0.2, 0) is 9.59 Å². The summed E-state index contributed by atoms with van der Waals surface area (Å²) < 4.78 is 17.1. The van der Waals surface area contributed by atoms with E-state index < -0.39 is 17.7 Å². The van der Waals surface area contributed by atoms with Crippen LogP contribution in [0.25, 0.3) is 5.76 Å². The van der Waals surface area contributed by atoms with E-state index in [2.05, 4.69) is 11.9 Å². The van der Waals surface area contributed by atoms with E-state index in [1.807, 2.05) is 6.92 Å². The minimum absolute atomic E-state index is 0.101. The zero-order valence-corrected chi connectivity index (χ0v) is 24.7. The first kappa shape index (κ1) is 29.8. The fraction of sp³-hybridized carbons (Fsp3) is 0.355. The molecule has 1 fully saturated rings. The van der Waals surface area contributed by atoms with Crippen molar-refractivity contribution in [2.45, 2.75) is 53.0 Å². The molecule has 216 valence electrons. The molecule has 3 aromatic rings. The van der Waals surface area contributed by atoms with Crippen molar-refractivity contribution in [2.24, 2.45) is 0 Å². The molecular weight excluding hydrogens is 544 g/mol. The highest BCUT2D eigenvalue weighted by atomic mass is 32.1. The molecule has 1 aliphatic rings. The van der Waals surface area contributed by atoms with E-state index in [-0.39, 0.29) is 22.2 Å². The SMILES string of the molecule is CCCCCOc1ccc(C2/C(=C(\O)c3ccc(OC)cc3)C(=O)C(=O)N2c2nc(C)c(C(C)=O)s2)cc1OCC. The number of rotatable bonds is 12. The number of unbranched alkanes of at least 4 members (excludes halogenated alkanes) is 2. The van der Waals surface area contributed by atoms with Gasteiger partial charge in [0.1, 0.15) is 11.5 Å². The molecule has 0 saturated carbocycles. The van der Waals surface area contributed by atoms with Crippen LogP contribution in [0.3, 0.4) is 0 Å². The first-order chi connectivity index (χ1) is 19.7. The molecule has 9 nitrogen and oxygen atoms in total. The van der Waals surface area contributed by atoms with Crippen molar-refractivity contribution in [3.05, 3.63) is 69.7 Å². The summed E-state index contributed by atoms with van der Waals surface area (Å²) in [4.78, 5) is 45.4. The van der Waals surface area contributed by atoms with Gasteiger partial charge in [0.2, 0.25) is 0 Å². The Kier molecular flexibility index (Phi) is 9.44. The van der Waals surface area contributed by atoms with E-state index >= 15 is 0 Å². The molecule has 2 heterocycles. The van der Waals surface area contributed by atoms with Gasteiger partial charge in [0.25, 0.3) is 5.78 Å². The quantitative estimate of drug-likeness (QED) is 0.0881. The van der Waals surface area contributed by atoms with Crippen LogP contribution in [0, 0.1) is 6.92 Å². The van der Waals surface area contributed by atoms with Crippen molar-refractivity contribution in [3.8, 4) is 17.2 Å². The second kappa shape index (κ2) is 13.0. The highest BCUT2D eigenvalue weighted by molar-refractivity contribution is 7.18. The molecule has 1 amide bonds. The summed E-state index contributed by atoms with van der Waals surface area (Å²) in [5, 5.41) is 11.6. The van der Waals surface area contributed by atoms with Crippen LogP contribution in [0.5, 0.6) is 17.2 Å². The maximum absolute atomic E-state index is 13.5. The molecule has 0 spiro atoms. The van der Waals surface area contributed by atoms with Gasteiger partial charge in [-0.1, -0.05) is 37.2 Å². The summed E-state index contributed by atoms with van der Waals surface area (Å²) in [7, 11) is 1.53. The number of thiazole rings is 1. The Balaban J connectivity index is 1.88. The lowest BCUT2D eigenvalue weighted by molar-refractivity contribution is -0.132. The average molecular weight is 579 g/mol. The Labute approximate surface area is 243 Å². The zero-order chi connectivity index (χ0) is 29.7. The molecule has 1 aliphatic heterocycles. The van der Waals surface area contributed by atoms with E-state index in [1.54, 1.807) is 49.4 Å². The number of hydrogen-bond donors (Lipinski definition) is 1. The second-order valence-electron chi connectivity index (χ2n) is 9.56. The lowest BCUT2D eigenvalue weighted by Gasteiger charge is -2.24. The van der Waals surface area contributed by atoms with Gasteiger partial charge in [0.05, 0.1) is 42.5 Å². The van der Waals surface area contributed by atoms with Crippen molar-refractivity contribution >= 4 is 39.7 Å². The largest absolute Gasteiger partial charge is 0.507 e. The predicted octanol–water partition coefficient (Wildman–Crippen LogP) is 6.26. The summed E-state index contributed by atoms with van der Waals surface area (Å²) in [5.74, 6) is -0.675. The highest BCUT2D eigenvalue weighted by Crippen LogP contribution is 2.45. The molecule has 2 aromatic carbocycles. The number of hydrogen-bond acceptors (Lipinski definition) is 9. The highest BCUT2D eigenvalue weighted by Gasteiger charge is 2.48. The molecule has 0 radical (unpaired) electrons. The van der Waals surface area contributed by atoms with Crippen molar-refractivity contribution in [1.82, 2.24) is 4.98 Å². The van der Waals surface area contributed by atoms with Gasteiger partial charge in [0.15, 0.2) is 22.4 Å². The number of aliphatic hydroxyl groups is 1. The molecule has 1 unspecified atom stereocenters. The van der Waals surface area contributed by atoms with Gasteiger partial charge in [-0.3, -0.25) is 19.3 Å². The fourth-order valence-electron chi connectivity index (χ4n) is 4.68. The van der Waals surface area contributed by atoms with E-state index in [4.69, 9.17) is 14.2 Å². The van der Waals surface area contributed by atoms with Crippen molar-refractivity contribution in [3.63, 3.8) is 0 Å². The molecule has 1 N–H and O–H groups in total. The van der Waals surface area contributed by atoms with E-state index in [9.17, 15) is 19.5 Å². The third kappa shape index (κ3) is 6.12. The number of amides is 1. The van der Waals surface area contributed by atoms with Crippen molar-refractivity contribution < 1.29 is 33.7 Å². The Morgan fingerprint density at radius 3 is 2.39 bits per heavy atom. The number of methoxy groups -OCH3 is 1. The zero-order valence-electron chi connectivity index (χ0n) is 23.9. The molecule has 1 atom stereocenters. The second-order valence-corrected chi connectivity index (χ2v) is 10.5. The Bertz CT molecular complexity index is 1480.